The second kappa shape index (κ2) is 4.36. The highest BCUT2D eigenvalue weighted by Crippen LogP contribution is 2.30. The Labute approximate surface area is 99.9 Å². The van der Waals surface area contributed by atoms with E-state index in [4.69, 9.17) is 14.0 Å². The van der Waals surface area contributed by atoms with Gasteiger partial charge in [0.25, 0.3) is 0 Å². The molecule has 1 aromatic rings. The molecule has 3 heterocycles. The SMILES string of the molecule is Cc1noc(CN2CCCC3(C2)OCCO3)n1. The van der Waals surface area contributed by atoms with Crippen LogP contribution in [0.25, 0.3) is 0 Å². The normalized spacial score (nSPS) is 24.5. The van der Waals surface area contributed by atoms with Gasteiger partial charge in [0, 0.05) is 6.42 Å². The fourth-order valence-electron chi connectivity index (χ4n) is 2.53. The number of aromatic nitrogens is 2. The van der Waals surface area contributed by atoms with Crippen molar-refractivity contribution in [1.29, 1.82) is 0 Å². The van der Waals surface area contributed by atoms with Crippen LogP contribution in [0.15, 0.2) is 4.52 Å². The Morgan fingerprint density at radius 3 is 2.88 bits per heavy atom. The van der Waals surface area contributed by atoms with Crippen LogP contribution in [0.5, 0.6) is 0 Å². The van der Waals surface area contributed by atoms with Crippen molar-refractivity contribution in [3.8, 4) is 0 Å². The Bertz CT molecular complexity index is 387. The Kier molecular flexibility index (Phi) is 2.85. The molecule has 1 aromatic heterocycles. The lowest BCUT2D eigenvalue weighted by Crippen LogP contribution is -2.48. The zero-order valence-corrected chi connectivity index (χ0v) is 10.0. The van der Waals surface area contributed by atoms with E-state index in [1.807, 2.05) is 6.92 Å². The quantitative estimate of drug-likeness (QED) is 0.757. The fraction of sp³-hybridized carbons (Fsp3) is 0.818. The number of aryl methyl sites for hydroxylation is 1. The number of piperidine rings is 1. The van der Waals surface area contributed by atoms with Gasteiger partial charge in [-0.1, -0.05) is 5.16 Å². The lowest BCUT2D eigenvalue weighted by Gasteiger charge is -2.37. The van der Waals surface area contributed by atoms with Crippen molar-refractivity contribution in [1.82, 2.24) is 15.0 Å². The van der Waals surface area contributed by atoms with Crippen LogP contribution in [0, 0.1) is 6.92 Å². The molecule has 0 aliphatic carbocycles. The van der Waals surface area contributed by atoms with E-state index in [1.165, 1.54) is 0 Å². The van der Waals surface area contributed by atoms with Crippen LogP contribution in [-0.2, 0) is 16.0 Å². The van der Waals surface area contributed by atoms with Crippen LogP contribution in [0.3, 0.4) is 0 Å². The van der Waals surface area contributed by atoms with Crippen LogP contribution in [-0.4, -0.2) is 47.1 Å². The zero-order valence-electron chi connectivity index (χ0n) is 10.0. The molecular weight excluding hydrogens is 222 g/mol. The molecule has 6 heteroatoms. The molecule has 2 fully saturated rings. The minimum atomic E-state index is -0.382. The average molecular weight is 239 g/mol. The first-order valence-corrected chi connectivity index (χ1v) is 6.05. The van der Waals surface area contributed by atoms with Crippen LogP contribution < -0.4 is 0 Å². The number of rotatable bonds is 2. The van der Waals surface area contributed by atoms with E-state index in [0.29, 0.717) is 31.5 Å². The van der Waals surface area contributed by atoms with Crippen molar-refractivity contribution in [3.63, 3.8) is 0 Å². The highest BCUT2D eigenvalue weighted by atomic mass is 16.7. The maximum Gasteiger partial charge on any atom is 0.240 e. The molecule has 0 atom stereocenters. The first kappa shape index (κ1) is 11.1. The van der Waals surface area contributed by atoms with Crippen molar-refractivity contribution in [2.45, 2.75) is 32.1 Å². The Morgan fingerprint density at radius 1 is 1.35 bits per heavy atom. The zero-order chi connectivity index (χ0) is 11.7. The third-order valence-corrected chi connectivity index (χ3v) is 3.24. The van der Waals surface area contributed by atoms with E-state index >= 15 is 0 Å². The molecule has 0 unspecified atom stereocenters. The summed E-state index contributed by atoms with van der Waals surface area (Å²) in [7, 11) is 0. The number of nitrogens with zero attached hydrogens (tertiary/aromatic N) is 3. The minimum Gasteiger partial charge on any atom is -0.346 e. The van der Waals surface area contributed by atoms with Gasteiger partial charge in [-0.25, -0.2) is 0 Å². The van der Waals surface area contributed by atoms with Gasteiger partial charge in [-0.2, -0.15) is 4.98 Å². The van der Waals surface area contributed by atoms with Crippen molar-refractivity contribution < 1.29 is 14.0 Å². The van der Waals surface area contributed by atoms with Gasteiger partial charge in [0.1, 0.15) is 0 Å². The summed E-state index contributed by atoms with van der Waals surface area (Å²) < 4.78 is 16.6. The maximum atomic E-state index is 5.72. The Balaban J connectivity index is 1.64. The smallest absolute Gasteiger partial charge is 0.240 e. The van der Waals surface area contributed by atoms with Crippen LogP contribution >= 0.6 is 0 Å². The second-order valence-electron chi connectivity index (χ2n) is 4.66. The third kappa shape index (κ3) is 2.34. The van der Waals surface area contributed by atoms with Crippen molar-refractivity contribution in [3.05, 3.63) is 11.7 Å². The topological polar surface area (TPSA) is 60.6 Å². The summed E-state index contributed by atoms with van der Waals surface area (Å²) in [6, 6.07) is 0. The summed E-state index contributed by atoms with van der Waals surface area (Å²) in [5.41, 5.74) is 0. The predicted octanol–water partition coefficient (Wildman–Crippen LogP) is 0.717. The molecule has 3 rings (SSSR count). The largest absolute Gasteiger partial charge is 0.346 e. The molecule has 94 valence electrons. The van der Waals surface area contributed by atoms with Gasteiger partial charge in [0.2, 0.25) is 5.89 Å². The van der Waals surface area contributed by atoms with Crippen molar-refractivity contribution >= 4 is 0 Å². The summed E-state index contributed by atoms with van der Waals surface area (Å²) in [6.45, 7) is 5.72. The minimum absolute atomic E-state index is 0.382. The molecule has 1 spiro atoms. The number of hydrogen-bond donors (Lipinski definition) is 0. The molecule has 6 nitrogen and oxygen atoms in total. The summed E-state index contributed by atoms with van der Waals surface area (Å²) >= 11 is 0. The van der Waals surface area contributed by atoms with Gasteiger partial charge < -0.3 is 14.0 Å². The van der Waals surface area contributed by atoms with E-state index in [2.05, 4.69) is 15.0 Å². The number of likely N-dealkylation sites (tertiary alicyclic amines) is 1. The lowest BCUT2D eigenvalue weighted by molar-refractivity contribution is -0.190. The predicted molar refractivity (Wildman–Crippen MR) is 58.2 cm³/mol. The van der Waals surface area contributed by atoms with E-state index in [1.54, 1.807) is 0 Å². The first-order chi connectivity index (χ1) is 8.26. The van der Waals surface area contributed by atoms with Gasteiger partial charge in [-0.05, 0) is 19.9 Å². The molecule has 0 N–H and O–H groups in total. The van der Waals surface area contributed by atoms with Gasteiger partial charge in [0.05, 0.1) is 26.3 Å². The lowest BCUT2D eigenvalue weighted by atomic mass is 10.0. The molecule has 0 amide bonds. The summed E-state index contributed by atoms with van der Waals surface area (Å²) in [4.78, 5) is 6.47. The standard InChI is InChI=1S/C11H17N3O3/c1-9-12-10(17-13-9)7-14-4-2-3-11(8-14)15-5-6-16-11/h2-8H2,1H3. The monoisotopic (exact) mass is 239 g/mol. The summed E-state index contributed by atoms with van der Waals surface area (Å²) in [5.74, 6) is 0.963. The third-order valence-electron chi connectivity index (χ3n) is 3.24. The average Bonchev–Trinajstić information content (AvgIpc) is 2.89. The van der Waals surface area contributed by atoms with Gasteiger partial charge in [0.15, 0.2) is 11.6 Å². The highest BCUT2D eigenvalue weighted by molar-refractivity contribution is 4.88. The molecule has 2 saturated heterocycles. The Hall–Kier alpha value is -0.980. The van der Waals surface area contributed by atoms with Gasteiger partial charge in [-0.15, -0.1) is 0 Å². The highest BCUT2D eigenvalue weighted by Gasteiger charge is 2.40. The fourth-order valence-corrected chi connectivity index (χ4v) is 2.53. The Morgan fingerprint density at radius 2 is 2.18 bits per heavy atom. The van der Waals surface area contributed by atoms with Gasteiger partial charge in [-0.3, -0.25) is 4.90 Å². The molecule has 17 heavy (non-hydrogen) atoms. The molecule has 0 saturated carbocycles. The van der Waals surface area contributed by atoms with Crippen molar-refractivity contribution in [2.24, 2.45) is 0 Å². The van der Waals surface area contributed by atoms with E-state index < -0.39 is 0 Å². The number of ether oxygens (including phenoxy) is 2. The molecule has 0 aromatic carbocycles. The van der Waals surface area contributed by atoms with E-state index in [0.717, 1.165) is 25.9 Å². The van der Waals surface area contributed by atoms with Crippen LogP contribution in [0.4, 0.5) is 0 Å². The summed E-state index contributed by atoms with van der Waals surface area (Å²) in [6.07, 6.45) is 2.06. The maximum absolute atomic E-state index is 5.72. The second-order valence-corrected chi connectivity index (χ2v) is 4.66. The molecule has 2 aliphatic rings. The van der Waals surface area contributed by atoms with Crippen LogP contribution in [0.2, 0.25) is 0 Å². The molecular formula is C11H17N3O3. The summed E-state index contributed by atoms with van der Waals surface area (Å²) in [5, 5.41) is 3.80. The molecule has 2 aliphatic heterocycles. The van der Waals surface area contributed by atoms with Crippen molar-refractivity contribution in [2.75, 3.05) is 26.3 Å². The molecule has 0 bridgehead atoms. The number of hydrogen-bond acceptors (Lipinski definition) is 6. The van der Waals surface area contributed by atoms with Crippen LogP contribution in [0.1, 0.15) is 24.6 Å². The van der Waals surface area contributed by atoms with Gasteiger partial charge >= 0.3 is 0 Å². The van der Waals surface area contributed by atoms with E-state index in [9.17, 15) is 0 Å². The first-order valence-electron chi connectivity index (χ1n) is 6.05. The van der Waals surface area contributed by atoms with E-state index in [-0.39, 0.29) is 5.79 Å². The molecule has 0 radical (unpaired) electrons.